The number of benzene rings is 1. The van der Waals surface area contributed by atoms with E-state index in [1.54, 1.807) is 0 Å². The van der Waals surface area contributed by atoms with Crippen LogP contribution in [0.3, 0.4) is 0 Å². The molecule has 0 fully saturated rings. The van der Waals surface area contributed by atoms with Gasteiger partial charge in [0.1, 0.15) is 0 Å². The smallest absolute Gasteiger partial charge is 0.0406 e. The molecule has 0 aromatic heterocycles. The fraction of sp³-hybridized carbons (Fsp3) is 0.600. The third-order valence-corrected chi connectivity index (χ3v) is 4.65. The normalized spacial score (nSPS) is 14.6. The fourth-order valence-electron chi connectivity index (χ4n) is 2.24. The minimum Gasteiger partial charge on any atom is -0.329 e. The summed E-state index contributed by atoms with van der Waals surface area (Å²) >= 11 is 7.83. The van der Waals surface area contributed by atoms with Gasteiger partial charge < -0.3 is 5.73 Å². The number of halogens is 1. The maximum absolute atomic E-state index is 5.93. The molecule has 2 N–H and O–H groups in total. The largest absolute Gasteiger partial charge is 0.329 e. The second-order valence-corrected chi connectivity index (χ2v) is 6.34. The van der Waals surface area contributed by atoms with Gasteiger partial charge in [-0.05, 0) is 56.5 Å². The maximum atomic E-state index is 5.93. The number of hydrogen-bond acceptors (Lipinski definition) is 3. The Hall–Kier alpha value is -0.220. The van der Waals surface area contributed by atoms with Crippen LogP contribution in [0.2, 0.25) is 5.02 Å². The van der Waals surface area contributed by atoms with Crippen molar-refractivity contribution in [2.24, 2.45) is 5.73 Å². The molecule has 0 aliphatic carbocycles. The van der Waals surface area contributed by atoms with Crippen molar-refractivity contribution in [3.05, 3.63) is 34.9 Å². The highest BCUT2D eigenvalue weighted by Crippen LogP contribution is 2.23. The third kappa shape index (κ3) is 5.35. The minimum atomic E-state index is 0.361. The number of nitrogens with two attached hydrogens (primary N) is 1. The van der Waals surface area contributed by atoms with Gasteiger partial charge in [0.05, 0.1) is 0 Å². The van der Waals surface area contributed by atoms with Crippen LogP contribution in [-0.2, 0) is 0 Å². The number of nitrogens with zero attached hydrogens (tertiary/aromatic N) is 1. The van der Waals surface area contributed by atoms with E-state index in [0.717, 1.165) is 11.4 Å². The molecule has 0 amide bonds. The lowest BCUT2D eigenvalue weighted by molar-refractivity contribution is 0.179. The van der Waals surface area contributed by atoms with Crippen LogP contribution < -0.4 is 5.73 Å². The van der Waals surface area contributed by atoms with Gasteiger partial charge in [-0.1, -0.05) is 23.7 Å². The van der Waals surface area contributed by atoms with Gasteiger partial charge in [-0.25, -0.2) is 0 Å². The van der Waals surface area contributed by atoms with E-state index in [4.69, 9.17) is 17.3 Å². The molecule has 19 heavy (non-hydrogen) atoms. The van der Waals surface area contributed by atoms with Crippen LogP contribution in [0.25, 0.3) is 0 Å². The number of thioether (sulfide) groups is 1. The quantitative estimate of drug-likeness (QED) is 0.740. The van der Waals surface area contributed by atoms with Gasteiger partial charge in [-0.3, -0.25) is 4.90 Å². The second-order valence-electron chi connectivity index (χ2n) is 4.92. The molecule has 1 aromatic rings. The summed E-state index contributed by atoms with van der Waals surface area (Å²) in [4.78, 5) is 2.38. The fourth-order valence-corrected chi connectivity index (χ4v) is 2.83. The van der Waals surface area contributed by atoms with Crippen molar-refractivity contribution in [1.29, 1.82) is 0 Å². The molecular formula is C15H25ClN2S. The molecule has 0 saturated carbocycles. The van der Waals surface area contributed by atoms with Crippen LogP contribution in [0.5, 0.6) is 0 Å². The Kier molecular flexibility index (Phi) is 7.84. The number of likely N-dealkylation sites (N-methyl/N-ethyl adjacent to an activating group) is 1. The van der Waals surface area contributed by atoms with E-state index in [0.29, 0.717) is 18.6 Å². The zero-order valence-electron chi connectivity index (χ0n) is 12.1. The lowest BCUT2D eigenvalue weighted by atomic mass is 10.0. The van der Waals surface area contributed by atoms with E-state index in [-0.39, 0.29) is 0 Å². The predicted molar refractivity (Wildman–Crippen MR) is 88.1 cm³/mol. The Bertz CT molecular complexity index is 356. The maximum Gasteiger partial charge on any atom is 0.0406 e. The Morgan fingerprint density at radius 3 is 2.47 bits per heavy atom. The third-order valence-electron chi connectivity index (χ3n) is 3.70. The second kappa shape index (κ2) is 8.85. The zero-order valence-corrected chi connectivity index (χ0v) is 13.7. The van der Waals surface area contributed by atoms with Crippen LogP contribution in [0.1, 0.15) is 31.4 Å². The van der Waals surface area contributed by atoms with E-state index in [2.05, 4.69) is 37.3 Å². The molecule has 0 heterocycles. The topological polar surface area (TPSA) is 29.3 Å². The van der Waals surface area contributed by atoms with Gasteiger partial charge in [0, 0.05) is 23.7 Å². The average Bonchev–Trinajstić information content (AvgIpc) is 2.43. The van der Waals surface area contributed by atoms with Gasteiger partial charge in [-0.15, -0.1) is 0 Å². The summed E-state index contributed by atoms with van der Waals surface area (Å²) in [5, 5.41) is 0.786. The van der Waals surface area contributed by atoms with Crippen LogP contribution in [0.15, 0.2) is 24.3 Å². The molecule has 2 atom stereocenters. The molecule has 0 spiro atoms. The van der Waals surface area contributed by atoms with Gasteiger partial charge in [0.15, 0.2) is 0 Å². The first-order valence-electron chi connectivity index (χ1n) is 6.76. The van der Waals surface area contributed by atoms with Crippen LogP contribution in [0.4, 0.5) is 0 Å². The van der Waals surface area contributed by atoms with Crippen molar-refractivity contribution in [3.8, 4) is 0 Å². The molecule has 0 radical (unpaired) electrons. The zero-order chi connectivity index (χ0) is 14.3. The molecule has 0 saturated heterocycles. The lowest BCUT2D eigenvalue weighted by Gasteiger charge is -2.33. The molecular weight excluding hydrogens is 276 g/mol. The van der Waals surface area contributed by atoms with E-state index in [1.807, 2.05) is 23.9 Å². The Labute approximate surface area is 126 Å². The lowest BCUT2D eigenvalue weighted by Crippen LogP contribution is -2.39. The summed E-state index contributed by atoms with van der Waals surface area (Å²) in [7, 11) is 2.16. The first kappa shape index (κ1) is 16.8. The van der Waals surface area contributed by atoms with Crippen molar-refractivity contribution < 1.29 is 0 Å². The monoisotopic (exact) mass is 300 g/mol. The molecule has 0 aliphatic rings. The van der Waals surface area contributed by atoms with Crippen molar-refractivity contribution in [2.75, 3.05) is 25.6 Å². The highest BCUT2D eigenvalue weighted by Gasteiger charge is 2.19. The van der Waals surface area contributed by atoms with E-state index in [9.17, 15) is 0 Å². The number of rotatable bonds is 8. The van der Waals surface area contributed by atoms with E-state index in [1.165, 1.54) is 17.7 Å². The van der Waals surface area contributed by atoms with E-state index < -0.39 is 0 Å². The first-order valence-corrected chi connectivity index (χ1v) is 8.53. The van der Waals surface area contributed by atoms with Crippen LogP contribution >= 0.6 is 23.4 Å². The summed E-state index contributed by atoms with van der Waals surface area (Å²) in [6.45, 7) is 2.93. The molecule has 0 aliphatic heterocycles. The van der Waals surface area contributed by atoms with Gasteiger partial charge >= 0.3 is 0 Å². The molecule has 1 rings (SSSR count). The molecule has 4 heteroatoms. The van der Waals surface area contributed by atoms with E-state index >= 15 is 0 Å². The molecule has 2 unspecified atom stereocenters. The van der Waals surface area contributed by atoms with Crippen LogP contribution in [0, 0.1) is 0 Å². The summed E-state index contributed by atoms with van der Waals surface area (Å²) in [5.74, 6) is 1.21. The Morgan fingerprint density at radius 1 is 1.32 bits per heavy atom. The summed E-state index contributed by atoms with van der Waals surface area (Å²) in [6.07, 6.45) is 4.53. The summed E-state index contributed by atoms with van der Waals surface area (Å²) in [5.41, 5.74) is 7.21. The average molecular weight is 301 g/mol. The Balaban J connectivity index is 2.62. The number of hydrogen-bond donors (Lipinski definition) is 1. The standard InChI is InChI=1S/C15H25ClN2S/c1-12(13-6-8-14(16)9-7-13)18(2)15(11-17)5-4-10-19-3/h6-9,12,15H,4-5,10-11,17H2,1-3H3. The van der Waals surface area contributed by atoms with Gasteiger partial charge in [0.2, 0.25) is 0 Å². The summed E-state index contributed by atoms with van der Waals surface area (Å²) < 4.78 is 0. The highest BCUT2D eigenvalue weighted by molar-refractivity contribution is 7.98. The molecule has 1 aromatic carbocycles. The Morgan fingerprint density at radius 2 is 1.95 bits per heavy atom. The predicted octanol–water partition coefficient (Wildman–Crippen LogP) is 3.80. The first-order chi connectivity index (χ1) is 9.10. The molecule has 2 nitrogen and oxygen atoms in total. The van der Waals surface area contributed by atoms with Crippen molar-refractivity contribution in [3.63, 3.8) is 0 Å². The van der Waals surface area contributed by atoms with Crippen LogP contribution in [-0.4, -0.2) is 36.5 Å². The minimum absolute atomic E-state index is 0.361. The van der Waals surface area contributed by atoms with Crippen molar-refractivity contribution >= 4 is 23.4 Å². The summed E-state index contributed by atoms with van der Waals surface area (Å²) in [6, 6.07) is 8.90. The van der Waals surface area contributed by atoms with Gasteiger partial charge in [-0.2, -0.15) is 11.8 Å². The van der Waals surface area contributed by atoms with Crippen molar-refractivity contribution in [1.82, 2.24) is 4.90 Å². The van der Waals surface area contributed by atoms with Crippen molar-refractivity contribution in [2.45, 2.75) is 31.8 Å². The molecule has 0 bridgehead atoms. The SMILES string of the molecule is CSCCCC(CN)N(C)C(C)c1ccc(Cl)cc1. The van der Waals surface area contributed by atoms with Gasteiger partial charge in [0.25, 0.3) is 0 Å². The highest BCUT2D eigenvalue weighted by atomic mass is 35.5. The molecule has 108 valence electrons.